The Labute approximate surface area is 169 Å². The van der Waals surface area contributed by atoms with Gasteiger partial charge in [0.05, 0.1) is 11.3 Å². The summed E-state index contributed by atoms with van der Waals surface area (Å²) in [5.74, 6) is -3.18. The lowest BCUT2D eigenvalue weighted by Gasteiger charge is -2.33. The van der Waals surface area contributed by atoms with Gasteiger partial charge in [-0.2, -0.15) is 4.39 Å². The van der Waals surface area contributed by atoms with Gasteiger partial charge in [0.15, 0.2) is 5.82 Å². The van der Waals surface area contributed by atoms with Gasteiger partial charge in [0.25, 0.3) is 0 Å². The van der Waals surface area contributed by atoms with Crippen molar-refractivity contribution in [3.63, 3.8) is 0 Å². The zero-order chi connectivity index (χ0) is 21.4. The molecule has 0 saturated carbocycles. The molecular weight excluding hydrogens is 396 g/mol. The van der Waals surface area contributed by atoms with E-state index in [-0.39, 0.29) is 22.6 Å². The molecule has 0 radical (unpaired) electrons. The van der Waals surface area contributed by atoms with E-state index in [0.29, 0.717) is 5.56 Å². The topological polar surface area (TPSA) is 121 Å². The van der Waals surface area contributed by atoms with E-state index in [1.165, 1.54) is 53.7 Å². The molecule has 0 aliphatic carbocycles. The quantitative estimate of drug-likeness (QED) is 0.552. The summed E-state index contributed by atoms with van der Waals surface area (Å²) >= 11 is 0. The number of anilines is 2. The number of hydrogen-bond acceptors (Lipinski definition) is 6. The number of nitrogens with zero attached hydrogens (tertiary/aromatic N) is 3. The van der Waals surface area contributed by atoms with Crippen molar-refractivity contribution in [1.29, 1.82) is 0 Å². The van der Waals surface area contributed by atoms with E-state index in [0.717, 1.165) is 6.07 Å². The van der Waals surface area contributed by atoms with Crippen LogP contribution in [0.5, 0.6) is 0 Å². The van der Waals surface area contributed by atoms with Crippen LogP contribution >= 0.6 is 0 Å². The molecule has 2 aromatic heterocycles. The van der Waals surface area contributed by atoms with Gasteiger partial charge in [-0.1, -0.05) is 12.1 Å². The van der Waals surface area contributed by atoms with Crippen molar-refractivity contribution < 1.29 is 23.5 Å². The molecule has 1 amide bonds. The summed E-state index contributed by atoms with van der Waals surface area (Å²) in [5, 5.41) is 12.7. The SMILES string of the molecule is NC(=O)C(c1ccnc(F)c1)N1c2c(C(=O)O)ccnc2NC1c1ccc(F)cc1. The standard InChI is InChI=1S/C20H15F2N5O3/c21-12-3-1-10(2-4-12)19-26-18-16(13(20(29)30)6-8-25-18)27(19)15(17(23)28)11-5-7-24-14(22)9-11/h1-9,15,19H,(H2,23,28)(H,25,26)(H,29,30). The highest BCUT2D eigenvalue weighted by atomic mass is 19.1. The molecule has 8 nitrogen and oxygen atoms in total. The van der Waals surface area contributed by atoms with Crippen LogP contribution in [0.2, 0.25) is 0 Å². The number of hydrogen-bond donors (Lipinski definition) is 3. The van der Waals surface area contributed by atoms with Crippen LogP contribution in [-0.2, 0) is 4.79 Å². The van der Waals surface area contributed by atoms with Crippen LogP contribution in [0.3, 0.4) is 0 Å². The van der Waals surface area contributed by atoms with E-state index < -0.39 is 35.8 Å². The first-order valence-corrected chi connectivity index (χ1v) is 8.80. The fraction of sp³-hybridized carbons (Fsp3) is 0.100. The maximum Gasteiger partial charge on any atom is 0.338 e. The Kier molecular flexibility index (Phi) is 4.74. The Balaban J connectivity index is 1.94. The van der Waals surface area contributed by atoms with Gasteiger partial charge in [0.2, 0.25) is 11.9 Å². The van der Waals surface area contributed by atoms with Gasteiger partial charge in [-0.15, -0.1) is 0 Å². The molecule has 4 rings (SSSR count). The van der Waals surface area contributed by atoms with E-state index in [2.05, 4.69) is 15.3 Å². The van der Waals surface area contributed by atoms with E-state index in [9.17, 15) is 23.5 Å². The molecule has 0 saturated heterocycles. The second kappa shape index (κ2) is 7.39. The first kappa shape index (κ1) is 19.2. The lowest BCUT2D eigenvalue weighted by molar-refractivity contribution is -0.119. The number of carbonyl (C=O) groups is 2. The first-order valence-electron chi connectivity index (χ1n) is 8.80. The molecular formula is C20H15F2N5O3. The second-order valence-electron chi connectivity index (χ2n) is 6.58. The third-order valence-corrected chi connectivity index (χ3v) is 4.76. The van der Waals surface area contributed by atoms with Gasteiger partial charge >= 0.3 is 5.97 Å². The molecule has 1 aliphatic heterocycles. The predicted octanol–water partition coefficient (Wildman–Crippen LogP) is 2.61. The normalized spacial score (nSPS) is 15.9. The van der Waals surface area contributed by atoms with Gasteiger partial charge in [-0.05, 0) is 41.5 Å². The van der Waals surface area contributed by atoms with E-state index in [4.69, 9.17) is 5.73 Å². The fourth-order valence-electron chi connectivity index (χ4n) is 3.54. The van der Waals surface area contributed by atoms with Crippen LogP contribution in [0.4, 0.5) is 20.3 Å². The zero-order valence-electron chi connectivity index (χ0n) is 15.3. The van der Waals surface area contributed by atoms with Crippen molar-refractivity contribution in [3.8, 4) is 0 Å². The fourth-order valence-corrected chi connectivity index (χ4v) is 3.54. The van der Waals surface area contributed by atoms with Gasteiger partial charge in [-0.3, -0.25) is 4.79 Å². The molecule has 3 heterocycles. The highest BCUT2D eigenvalue weighted by Crippen LogP contribution is 2.47. The van der Waals surface area contributed by atoms with E-state index >= 15 is 0 Å². The summed E-state index contributed by atoms with van der Waals surface area (Å²) in [6.07, 6.45) is 1.67. The van der Waals surface area contributed by atoms with Crippen LogP contribution < -0.4 is 16.0 Å². The highest BCUT2D eigenvalue weighted by Gasteiger charge is 2.41. The summed E-state index contributed by atoms with van der Waals surface area (Å²) in [6.45, 7) is 0. The molecule has 3 aromatic rings. The number of nitrogens with two attached hydrogens (primary N) is 1. The van der Waals surface area contributed by atoms with Crippen LogP contribution in [0.25, 0.3) is 0 Å². The maximum atomic E-state index is 13.8. The number of carboxylic acids is 1. The smallest absolute Gasteiger partial charge is 0.338 e. The zero-order valence-corrected chi connectivity index (χ0v) is 15.3. The minimum Gasteiger partial charge on any atom is -0.478 e. The van der Waals surface area contributed by atoms with Crippen molar-refractivity contribution >= 4 is 23.4 Å². The average Bonchev–Trinajstić information content (AvgIpc) is 3.08. The second-order valence-corrected chi connectivity index (χ2v) is 6.58. The number of aromatic carboxylic acids is 1. The Morgan fingerprint density at radius 2 is 1.80 bits per heavy atom. The summed E-state index contributed by atoms with van der Waals surface area (Å²) in [5.41, 5.74) is 6.35. The summed E-state index contributed by atoms with van der Waals surface area (Å²) in [6, 6.07) is 7.92. The minimum absolute atomic E-state index is 0.111. The third kappa shape index (κ3) is 3.28. The lowest BCUT2D eigenvalue weighted by atomic mass is 10.0. The van der Waals surface area contributed by atoms with Crippen LogP contribution in [0.1, 0.15) is 33.7 Å². The summed E-state index contributed by atoms with van der Waals surface area (Å²) in [4.78, 5) is 33.4. The van der Waals surface area contributed by atoms with Gasteiger partial charge in [-0.25, -0.2) is 19.2 Å². The maximum absolute atomic E-state index is 13.8. The third-order valence-electron chi connectivity index (χ3n) is 4.76. The number of carbonyl (C=O) groups excluding carboxylic acids is 1. The molecule has 0 spiro atoms. The van der Waals surface area contributed by atoms with E-state index in [1.54, 1.807) is 0 Å². The number of aromatic nitrogens is 2. The number of primary amides is 1. The highest BCUT2D eigenvalue weighted by molar-refractivity contribution is 6.01. The number of benzene rings is 1. The summed E-state index contributed by atoms with van der Waals surface area (Å²) < 4.78 is 27.3. The number of nitrogens with one attached hydrogen (secondary N) is 1. The summed E-state index contributed by atoms with van der Waals surface area (Å²) in [7, 11) is 0. The van der Waals surface area contributed by atoms with Crippen LogP contribution in [0.15, 0.2) is 54.9 Å². The number of fused-ring (bicyclic) bond motifs is 1. The Hall–Kier alpha value is -4.08. The van der Waals surface area contributed by atoms with Crippen molar-refractivity contribution in [2.45, 2.75) is 12.2 Å². The molecule has 0 fully saturated rings. The van der Waals surface area contributed by atoms with Crippen LogP contribution in [-0.4, -0.2) is 27.0 Å². The largest absolute Gasteiger partial charge is 0.478 e. The molecule has 1 aromatic carbocycles. The molecule has 4 N–H and O–H groups in total. The van der Waals surface area contributed by atoms with Gasteiger partial charge in [0.1, 0.15) is 18.0 Å². The Morgan fingerprint density at radius 1 is 1.10 bits per heavy atom. The number of halogens is 2. The Bertz CT molecular complexity index is 1140. The lowest BCUT2D eigenvalue weighted by Crippen LogP contribution is -2.40. The van der Waals surface area contributed by atoms with Crippen molar-refractivity contribution in [2.75, 3.05) is 10.2 Å². The molecule has 2 atom stereocenters. The number of amides is 1. The Morgan fingerprint density at radius 3 is 2.43 bits per heavy atom. The number of pyridine rings is 2. The average molecular weight is 411 g/mol. The van der Waals surface area contributed by atoms with Crippen molar-refractivity contribution in [1.82, 2.24) is 9.97 Å². The number of carboxylic acid groups (broad SMARTS) is 1. The molecule has 30 heavy (non-hydrogen) atoms. The molecule has 10 heteroatoms. The van der Waals surface area contributed by atoms with Gasteiger partial charge in [0, 0.05) is 12.4 Å². The monoisotopic (exact) mass is 411 g/mol. The number of rotatable bonds is 5. The van der Waals surface area contributed by atoms with Crippen molar-refractivity contribution in [3.05, 3.63) is 83.3 Å². The molecule has 1 aliphatic rings. The molecule has 152 valence electrons. The predicted molar refractivity (Wildman–Crippen MR) is 103 cm³/mol. The first-order chi connectivity index (χ1) is 14.4. The molecule has 2 unspecified atom stereocenters. The molecule has 0 bridgehead atoms. The van der Waals surface area contributed by atoms with Crippen LogP contribution in [0, 0.1) is 11.8 Å². The minimum atomic E-state index is -1.26. The van der Waals surface area contributed by atoms with Gasteiger partial charge < -0.3 is 21.1 Å². The van der Waals surface area contributed by atoms with E-state index in [1.807, 2.05) is 0 Å². The van der Waals surface area contributed by atoms with Crippen molar-refractivity contribution in [2.24, 2.45) is 5.73 Å².